The molecule has 0 saturated carbocycles. The molecule has 0 aromatic carbocycles. The number of piperazine rings is 1. The Labute approximate surface area is 105 Å². The molecular weight excluding hydrogens is 247 g/mol. The SMILES string of the molecule is CN(C)C(=O)N1CCN(CC(F)(F)F)CC1(C)C. The van der Waals surface area contributed by atoms with Gasteiger partial charge in [0, 0.05) is 33.7 Å². The minimum atomic E-state index is -4.19. The van der Waals surface area contributed by atoms with Gasteiger partial charge >= 0.3 is 12.2 Å². The molecule has 2 amide bonds. The number of alkyl halides is 3. The fourth-order valence-electron chi connectivity index (χ4n) is 2.24. The van der Waals surface area contributed by atoms with Crippen molar-refractivity contribution >= 4 is 6.03 Å². The van der Waals surface area contributed by atoms with E-state index in [0.29, 0.717) is 6.54 Å². The zero-order valence-electron chi connectivity index (χ0n) is 11.2. The van der Waals surface area contributed by atoms with Gasteiger partial charge in [-0.25, -0.2) is 4.79 Å². The van der Waals surface area contributed by atoms with Gasteiger partial charge in [0.2, 0.25) is 0 Å². The van der Waals surface area contributed by atoms with Gasteiger partial charge in [0.25, 0.3) is 0 Å². The summed E-state index contributed by atoms with van der Waals surface area (Å²) in [5.41, 5.74) is -0.592. The van der Waals surface area contributed by atoms with Crippen molar-refractivity contribution < 1.29 is 18.0 Å². The molecule has 1 rings (SSSR count). The second kappa shape index (κ2) is 4.95. The van der Waals surface area contributed by atoms with E-state index in [1.807, 2.05) is 0 Å². The summed E-state index contributed by atoms with van der Waals surface area (Å²) in [6.07, 6.45) is -4.19. The van der Waals surface area contributed by atoms with Gasteiger partial charge in [-0.1, -0.05) is 0 Å². The molecule has 18 heavy (non-hydrogen) atoms. The molecule has 0 bridgehead atoms. The van der Waals surface area contributed by atoms with E-state index in [1.165, 1.54) is 9.80 Å². The molecule has 0 aliphatic carbocycles. The molecule has 1 aliphatic rings. The normalized spacial score (nSPS) is 20.9. The molecule has 1 heterocycles. The van der Waals surface area contributed by atoms with Crippen molar-refractivity contribution in [2.24, 2.45) is 0 Å². The van der Waals surface area contributed by atoms with Crippen molar-refractivity contribution in [3.05, 3.63) is 0 Å². The molecule has 0 aromatic heterocycles. The fraction of sp³-hybridized carbons (Fsp3) is 0.909. The second-order valence-electron chi connectivity index (χ2n) is 5.47. The quantitative estimate of drug-likeness (QED) is 0.722. The number of urea groups is 1. The van der Waals surface area contributed by atoms with E-state index in [-0.39, 0.29) is 19.1 Å². The van der Waals surface area contributed by atoms with Crippen LogP contribution in [0, 0.1) is 0 Å². The van der Waals surface area contributed by atoms with E-state index in [2.05, 4.69) is 0 Å². The summed E-state index contributed by atoms with van der Waals surface area (Å²) in [5, 5.41) is 0. The molecule has 0 unspecified atom stereocenters. The summed E-state index contributed by atoms with van der Waals surface area (Å²) in [5.74, 6) is 0. The van der Waals surface area contributed by atoms with Crippen LogP contribution in [0.5, 0.6) is 0 Å². The number of hydrogen-bond acceptors (Lipinski definition) is 2. The first-order valence-corrected chi connectivity index (χ1v) is 5.81. The molecule has 0 N–H and O–H groups in total. The Bertz CT molecular complexity index is 315. The van der Waals surface area contributed by atoms with Crippen LogP contribution < -0.4 is 0 Å². The van der Waals surface area contributed by atoms with Crippen molar-refractivity contribution in [2.75, 3.05) is 40.3 Å². The summed E-state index contributed by atoms with van der Waals surface area (Å²) in [6.45, 7) is 3.46. The maximum absolute atomic E-state index is 12.3. The van der Waals surface area contributed by atoms with Crippen molar-refractivity contribution in [3.63, 3.8) is 0 Å². The monoisotopic (exact) mass is 267 g/mol. The lowest BCUT2D eigenvalue weighted by Gasteiger charge is -2.47. The van der Waals surface area contributed by atoms with Gasteiger partial charge in [0.15, 0.2) is 0 Å². The van der Waals surface area contributed by atoms with E-state index in [4.69, 9.17) is 0 Å². The lowest BCUT2D eigenvalue weighted by atomic mass is 9.99. The largest absolute Gasteiger partial charge is 0.401 e. The molecule has 0 aromatic rings. The summed E-state index contributed by atoms with van der Waals surface area (Å²) < 4.78 is 37.0. The van der Waals surface area contributed by atoms with E-state index in [0.717, 1.165) is 0 Å². The summed E-state index contributed by atoms with van der Waals surface area (Å²) in [4.78, 5) is 16.3. The smallest absolute Gasteiger partial charge is 0.331 e. The third-order valence-corrected chi connectivity index (χ3v) is 3.00. The van der Waals surface area contributed by atoms with Crippen LogP contribution in [-0.4, -0.2) is 72.7 Å². The third-order valence-electron chi connectivity index (χ3n) is 3.00. The first kappa shape index (κ1) is 15.1. The Balaban J connectivity index is 2.70. The summed E-state index contributed by atoms with van der Waals surface area (Å²) in [6, 6.07) is -0.161. The first-order valence-electron chi connectivity index (χ1n) is 5.81. The maximum Gasteiger partial charge on any atom is 0.401 e. The number of rotatable bonds is 1. The molecule has 1 aliphatic heterocycles. The van der Waals surface area contributed by atoms with Crippen LogP contribution in [0.2, 0.25) is 0 Å². The predicted octanol–water partition coefficient (Wildman–Crippen LogP) is 1.63. The van der Waals surface area contributed by atoms with Gasteiger partial charge in [-0.15, -0.1) is 0 Å². The Morgan fingerprint density at radius 1 is 1.28 bits per heavy atom. The Hall–Kier alpha value is -0.980. The topological polar surface area (TPSA) is 26.8 Å². The average molecular weight is 267 g/mol. The number of hydrogen-bond donors (Lipinski definition) is 0. The van der Waals surface area contributed by atoms with Crippen LogP contribution in [-0.2, 0) is 0 Å². The second-order valence-corrected chi connectivity index (χ2v) is 5.47. The van der Waals surface area contributed by atoms with Gasteiger partial charge in [-0.2, -0.15) is 13.2 Å². The highest BCUT2D eigenvalue weighted by molar-refractivity contribution is 5.74. The minimum Gasteiger partial charge on any atom is -0.331 e. The Kier molecular flexibility index (Phi) is 4.15. The van der Waals surface area contributed by atoms with Crippen LogP contribution in [0.3, 0.4) is 0 Å². The molecular formula is C11H20F3N3O. The number of carbonyl (C=O) groups excluding carboxylic acids is 1. The Morgan fingerprint density at radius 2 is 1.83 bits per heavy atom. The van der Waals surface area contributed by atoms with Crippen LogP contribution in [0.15, 0.2) is 0 Å². The average Bonchev–Trinajstić information content (AvgIpc) is 2.12. The van der Waals surface area contributed by atoms with Crippen molar-refractivity contribution in [2.45, 2.75) is 25.6 Å². The van der Waals surface area contributed by atoms with Gasteiger partial charge in [0.05, 0.1) is 12.1 Å². The molecule has 1 saturated heterocycles. The van der Waals surface area contributed by atoms with Crippen molar-refractivity contribution in [3.8, 4) is 0 Å². The maximum atomic E-state index is 12.3. The zero-order chi connectivity index (χ0) is 14.1. The number of halogens is 3. The number of amides is 2. The van der Waals surface area contributed by atoms with Gasteiger partial charge in [-0.05, 0) is 13.8 Å². The lowest BCUT2D eigenvalue weighted by Crippen LogP contribution is -2.63. The van der Waals surface area contributed by atoms with E-state index in [9.17, 15) is 18.0 Å². The highest BCUT2D eigenvalue weighted by Crippen LogP contribution is 2.25. The van der Waals surface area contributed by atoms with Crippen LogP contribution in [0.25, 0.3) is 0 Å². The standard InChI is InChI=1S/C11H20F3N3O/c1-10(2)7-16(8-11(12,13)14)5-6-17(10)9(18)15(3)4/h5-8H2,1-4H3. The number of nitrogens with zero attached hydrogens (tertiary/aromatic N) is 3. The van der Waals surface area contributed by atoms with E-state index >= 15 is 0 Å². The van der Waals surface area contributed by atoms with E-state index in [1.54, 1.807) is 32.8 Å². The fourth-order valence-corrected chi connectivity index (χ4v) is 2.24. The van der Waals surface area contributed by atoms with Crippen molar-refractivity contribution in [1.82, 2.24) is 14.7 Å². The lowest BCUT2D eigenvalue weighted by molar-refractivity contribution is -0.153. The molecule has 7 heteroatoms. The first-order chi connectivity index (χ1) is 8.03. The van der Waals surface area contributed by atoms with Crippen LogP contribution >= 0.6 is 0 Å². The molecule has 1 fully saturated rings. The molecule has 0 spiro atoms. The zero-order valence-corrected chi connectivity index (χ0v) is 11.2. The number of carbonyl (C=O) groups is 1. The molecule has 106 valence electrons. The van der Waals surface area contributed by atoms with Gasteiger partial charge in [0.1, 0.15) is 0 Å². The Morgan fingerprint density at radius 3 is 2.22 bits per heavy atom. The highest BCUT2D eigenvalue weighted by atomic mass is 19.4. The van der Waals surface area contributed by atoms with Crippen LogP contribution in [0.4, 0.5) is 18.0 Å². The summed E-state index contributed by atoms with van der Waals surface area (Å²) in [7, 11) is 3.28. The third kappa shape index (κ3) is 3.76. The van der Waals surface area contributed by atoms with Gasteiger partial charge < -0.3 is 9.80 Å². The van der Waals surface area contributed by atoms with Gasteiger partial charge in [-0.3, -0.25) is 4.90 Å². The van der Waals surface area contributed by atoms with E-state index < -0.39 is 18.3 Å². The summed E-state index contributed by atoms with van der Waals surface area (Å²) >= 11 is 0. The van der Waals surface area contributed by atoms with Crippen molar-refractivity contribution in [1.29, 1.82) is 0 Å². The highest BCUT2D eigenvalue weighted by Gasteiger charge is 2.40. The minimum absolute atomic E-state index is 0.161. The van der Waals surface area contributed by atoms with Crippen LogP contribution in [0.1, 0.15) is 13.8 Å². The predicted molar refractivity (Wildman–Crippen MR) is 62.4 cm³/mol. The molecule has 0 radical (unpaired) electrons. The molecule has 0 atom stereocenters. The molecule has 4 nitrogen and oxygen atoms in total.